The molecule has 1 aliphatic rings. The van der Waals surface area contributed by atoms with Gasteiger partial charge in [0.15, 0.2) is 0 Å². The second kappa shape index (κ2) is 6.91. The smallest absolute Gasteiger partial charge is 0.407 e. The number of benzene rings is 1. The molecule has 1 amide bonds. The number of carbonyl (C=O) groups is 1. The second-order valence-electron chi connectivity index (χ2n) is 6.41. The van der Waals surface area contributed by atoms with Gasteiger partial charge in [0.25, 0.3) is 0 Å². The maximum atomic E-state index is 11.6. The Morgan fingerprint density at radius 3 is 2.24 bits per heavy atom. The van der Waals surface area contributed by atoms with Crippen molar-refractivity contribution in [3.05, 3.63) is 35.4 Å². The SMILES string of the molecule is CC(C)(C)OC(=O)NCc1ccc(CNC2CNC2)cc1. The molecule has 2 rings (SSSR count). The van der Waals surface area contributed by atoms with Gasteiger partial charge in [-0.2, -0.15) is 0 Å². The fourth-order valence-corrected chi connectivity index (χ4v) is 1.96. The van der Waals surface area contributed by atoms with Crippen LogP contribution in [-0.4, -0.2) is 30.8 Å². The topological polar surface area (TPSA) is 62.4 Å². The zero-order valence-corrected chi connectivity index (χ0v) is 13.0. The molecule has 1 aromatic rings. The molecule has 5 nitrogen and oxygen atoms in total. The fraction of sp³-hybridized carbons (Fsp3) is 0.562. The van der Waals surface area contributed by atoms with Gasteiger partial charge in [-0.25, -0.2) is 4.79 Å². The van der Waals surface area contributed by atoms with Crippen molar-refractivity contribution in [3.8, 4) is 0 Å². The van der Waals surface area contributed by atoms with E-state index in [1.54, 1.807) is 0 Å². The number of nitrogens with one attached hydrogen (secondary N) is 3. The van der Waals surface area contributed by atoms with E-state index in [0.717, 1.165) is 25.2 Å². The van der Waals surface area contributed by atoms with Crippen LogP contribution in [0.5, 0.6) is 0 Å². The maximum absolute atomic E-state index is 11.6. The average Bonchev–Trinajstić information content (AvgIpc) is 2.34. The molecule has 5 heteroatoms. The van der Waals surface area contributed by atoms with Crippen LogP contribution in [0.2, 0.25) is 0 Å². The Hall–Kier alpha value is -1.59. The highest BCUT2D eigenvalue weighted by atomic mass is 16.6. The lowest BCUT2D eigenvalue weighted by molar-refractivity contribution is 0.0523. The van der Waals surface area contributed by atoms with Crippen LogP contribution < -0.4 is 16.0 Å². The zero-order valence-electron chi connectivity index (χ0n) is 13.0. The summed E-state index contributed by atoms with van der Waals surface area (Å²) in [6.07, 6.45) is -0.384. The first-order valence-electron chi connectivity index (χ1n) is 7.41. The molecule has 0 unspecified atom stereocenters. The van der Waals surface area contributed by atoms with E-state index in [-0.39, 0.29) is 6.09 Å². The predicted molar refractivity (Wildman–Crippen MR) is 83.0 cm³/mol. The first kappa shape index (κ1) is 15.8. The number of carbonyl (C=O) groups excluding carboxylic acids is 1. The van der Waals surface area contributed by atoms with E-state index in [4.69, 9.17) is 4.74 Å². The highest BCUT2D eigenvalue weighted by Crippen LogP contribution is 2.08. The summed E-state index contributed by atoms with van der Waals surface area (Å²) in [5.74, 6) is 0. The minimum atomic E-state index is -0.462. The Labute approximate surface area is 126 Å². The van der Waals surface area contributed by atoms with Crippen molar-refractivity contribution >= 4 is 6.09 Å². The van der Waals surface area contributed by atoms with E-state index < -0.39 is 5.60 Å². The Morgan fingerprint density at radius 1 is 1.19 bits per heavy atom. The summed E-state index contributed by atoms with van der Waals surface area (Å²) < 4.78 is 5.20. The third-order valence-electron chi connectivity index (χ3n) is 3.24. The minimum Gasteiger partial charge on any atom is -0.444 e. The van der Waals surface area contributed by atoms with Crippen molar-refractivity contribution in [2.24, 2.45) is 0 Å². The van der Waals surface area contributed by atoms with Crippen LogP contribution in [0, 0.1) is 0 Å². The van der Waals surface area contributed by atoms with Gasteiger partial charge in [0.05, 0.1) is 0 Å². The van der Waals surface area contributed by atoms with E-state index in [1.807, 2.05) is 32.9 Å². The molecule has 1 aromatic carbocycles. The molecule has 1 fully saturated rings. The van der Waals surface area contributed by atoms with Crippen LogP contribution in [-0.2, 0) is 17.8 Å². The van der Waals surface area contributed by atoms with E-state index in [0.29, 0.717) is 12.6 Å². The van der Waals surface area contributed by atoms with Crippen molar-refractivity contribution < 1.29 is 9.53 Å². The Kier molecular flexibility index (Phi) is 5.20. The lowest BCUT2D eigenvalue weighted by atomic mass is 10.1. The Balaban J connectivity index is 1.72. The summed E-state index contributed by atoms with van der Waals surface area (Å²) in [5.41, 5.74) is 1.86. The lowest BCUT2D eigenvalue weighted by Gasteiger charge is -2.28. The predicted octanol–water partition coefficient (Wildman–Crippen LogP) is 1.77. The average molecular weight is 291 g/mol. The first-order valence-corrected chi connectivity index (χ1v) is 7.41. The molecule has 1 aliphatic heterocycles. The quantitative estimate of drug-likeness (QED) is 0.774. The van der Waals surface area contributed by atoms with Gasteiger partial charge in [-0.15, -0.1) is 0 Å². The molecule has 0 radical (unpaired) electrons. The summed E-state index contributed by atoms with van der Waals surface area (Å²) in [6, 6.07) is 8.84. The summed E-state index contributed by atoms with van der Waals surface area (Å²) in [6.45, 7) is 9.03. The number of ether oxygens (including phenoxy) is 1. The molecule has 21 heavy (non-hydrogen) atoms. The van der Waals surface area contributed by atoms with Crippen LogP contribution in [0.1, 0.15) is 31.9 Å². The molecule has 1 heterocycles. The summed E-state index contributed by atoms with van der Waals surface area (Å²) in [7, 11) is 0. The highest BCUT2D eigenvalue weighted by molar-refractivity contribution is 5.67. The van der Waals surface area contributed by atoms with Crippen LogP contribution in [0.15, 0.2) is 24.3 Å². The molecule has 0 bridgehead atoms. The van der Waals surface area contributed by atoms with Crippen LogP contribution in [0.4, 0.5) is 4.79 Å². The van der Waals surface area contributed by atoms with E-state index in [9.17, 15) is 4.79 Å². The molecular formula is C16H25N3O2. The summed E-state index contributed by atoms with van der Waals surface area (Å²) in [5, 5.41) is 9.47. The molecule has 0 spiro atoms. The molecule has 0 aliphatic carbocycles. The molecule has 1 saturated heterocycles. The minimum absolute atomic E-state index is 0.384. The fourth-order valence-electron chi connectivity index (χ4n) is 1.96. The van der Waals surface area contributed by atoms with Crippen LogP contribution in [0.3, 0.4) is 0 Å². The lowest BCUT2D eigenvalue weighted by Crippen LogP contribution is -2.54. The largest absolute Gasteiger partial charge is 0.444 e. The van der Waals surface area contributed by atoms with E-state index in [1.165, 1.54) is 5.56 Å². The van der Waals surface area contributed by atoms with E-state index >= 15 is 0 Å². The molecule has 116 valence electrons. The molecule has 3 N–H and O–H groups in total. The monoisotopic (exact) mass is 291 g/mol. The third-order valence-corrected chi connectivity index (χ3v) is 3.24. The first-order chi connectivity index (χ1) is 9.92. The van der Waals surface area contributed by atoms with Gasteiger partial charge in [0.2, 0.25) is 0 Å². The van der Waals surface area contributed by atoms with Gasteiger partial charge >= 0.3 is 6.09 Å². The van der Waals surface area contributed by atoms with Crippen molar-refractivity contribution in [3.63, 3.8) is 0 Å². The maximum Gasteiger partial charge on any atom is 0.407 e. The molecular weight excluding hydrogens is 266 g/mol. The molecule has 0 aromatic heterocycles. The second-order valence-corrected chi connectivity index (χ2v) is 6.41. The van der Waals surface area contributed by atoms with Crippen molar-refractivity contribution in [1.29, 1.82) is 0 Å². The summed E-state index contributed by atoms with van der Waals surface area (Å²) in [4.78, 5) is 11.6. The van der Waals surface area contributed by atoms with Crippen LogP contribution in [0.25, 0.3) is 0 Å². The van der Waals surface area contributed by atoms with Crippen molar-refractivity contribution in [2.45, 2.75) is 45.5 Å². The van der Waals surface area contributed by atoms with Gasteiger partial charge in [0.1, 0.15) is 5.60 Å². The van der Waals surface area contributed by atoms with Crippen LogP contribution >= 0.6 is 0 Å². The van der Waals surface area contributed by atoms with Gasteiger partial charge in [0, 0.05) is 32.2 Å². The Morgan fingerprint density at radius 2 is 1.76 bits per heavy atom. The zero-order chi connectivity index (χ0) is 15.3. The molecule has 0 atom stereocenters. The van der Waals surface area contributed by atoms with Gasteiger partial charge in [-0.1, -0.05) is 24.3 Å². The van der Waals surface area contributed by atoms with Crippen molar-refractivity contribution in [2.75, 3.05) is 13.1 Å². The normalized spacial score (nSPS) is 15.4. The standard InChI is InChI=1S/C16H25N3O2/c1-16(2,3)21-15(20)19-9-13-6-4-12(5-7-13)8-18-14-10-17-11-14/h4-7,14,17-18H,8-11H2,1-3H3,(H,19,20). The van der Waals surface area contributed by atoms with Crippen molar-refractivity contribution in [1.82, 2.24) is 16.0 Å². The number of hydrogen-bond acceptors (Lipinski definition) is 4. The number of alkyl carbamates (subject to hydrolysis) is 1. The van der Waals surface area contributed by atoms with E-state index in [2.05, 4.69) is 28.1 Å². The van der Waals surface area contributed by atoms with Gasteiger partial charge in [-0.05, 0) is 31.9 Å². The summed E-state index contributed by atoms with van der Waals surface area (Å²) >= 11 is 0. The number of amides is 1. The molecule has 0 saturated carbocycles. The number of rotatable bonds is 5. The third kappa shape index (κ3) is 5.73. The Bertz CT molecular complexity index is 461. The van der Waals surface area contributed by atoms with Gasteiger partial charge < -0.3 is 20.7 Å². The number of hydrogen-bond donors (Lipinski definition) is 3. The highest BCUT2D eigenvalue weighted by Gasteiger charge is 2.16. The van der Waals surface area contributed by atoms with Gasteiger partial charge in [-0.3, -0.25) is 0 Å².